The maximum Gasteiger partial charge on any atom is 0.198 e. The molecule has 1 aromatic heterocycles. The lowest BCUT2D eigenvalue weighted by Gasteiger charge is -2.22. The third-order valence-corrected chi connectivity index (χ3v) is 4.62. The fourth-order valence-corrected chi connectivity index (χ4v) is 2.84. The number of halogens is 1. The molecule has 5 nitrogen and oxygen atoms in total. The van der Waals surface area contributed by atoms with Crippen molar-refractivity contribution in [1.82, 2.24) is 19.2 Å². The highest BCUT2D eigenvalue weighted by Crippen LogP contribution is 2.30. The molecule has 0 spiro atoms. The van der Waals surface area contributed by atoms with Crippen LogP contribution in [0.4, 0.5) is 4.39 Å². The van der Waals surface area contributed by atoms with E-state index in [0.29, 0.717) is 17.3 Å². The van der Waals surface area contributed by atoms with E-state index in [0.717, 1.165) is 24.6 Å². The highest BCUT2D eigenvalue weighted by Gasteiger charge is 2.25. The molecular weight excluding hydrogens is 315 g/mol. The Hall–Kier alpha value is -1.57. The highest BCUT2D eigenvalue weighted by molar-refractivity contribution is 7.71. The van der Waals surface area contributed by atoms with Gasteiger partial charge in [-0.2, -0.15) is 5.10 Å². The Labute approximate surface area is 140 Å². The van der Waals surface area contributed by atoms with Gasteiger partial charge in [-0.25, -0.2) is 9.07 Å². The molecule has 1 heterocycles. The Bertz CT molecular complexity index is 721. The van der Waals surface area contributed by atoms with Gasteiger partial charge in [-0.15, -0.1) is 0 Å². The van der Waals surface area contributed by atoms with Crippen molar-refractivity contribution in [3.63, 3.8) is 0 Å². The van der Waals surface area contributed by atoms with Gasteiger partial charge in [0, 0.05) is 20.1 Å². The molecule has 0 atom stereocenters. The summed E-state index contributed by atoms with van der Waals surface area (Å²) in [6.07, 6.45) is 2.52. The number of hydrogen-bond donors (Lipinski definition) is 1. The smallest absolute Gasteiger partial charge is 0.198 e. The molecule has 1 aliphatic rings. The molecule has 23 heavy (non-hydrogen) atoms. The molecule has 7 heteroatoms. The summed E-state index contributed by atoms with van der Waals surface area (Å²) in [5, 5.41) is 13.7. The van der Waals surface area contributed by atoms with Gasteiger partial charge in [-0.05, 0) is 48.7 Å². The predicted molar refractivity (Wildman–Crippen MR) is 87.5 cm³/mol. The zero-order valence-corrected chi connectivity index (χ0v) is 14.0. The average Bonchev–Trinajstić information content (AvgIpc) is 3.31. The number of aliphatic hydroxyl groups is 1. The Kier molecular flexibility index (Phi) is 4.89. The normalized spacial score (nSPS) is 14.6. The molecule has 0 saturated heterocycles. The maximum atomic E-state index is 13.1. The molecule has 1 fully saturated rings. The van der Waals surface area contributed by atoms with Crippen molar-refractivity contribution in [2.45, 2.75) is 32.7 Å². The molecular formula is C16H21FN4OS. The molecule has 124 valence electrons. The summed E-state index contributed by atoms with van der Waals surface area (Å²) in [6, 6.07) is 6.60. The second-order valence-electron chi connectivity index (χ2n) is 6.14. The van der Waals surface area contributed by atoms with Gasteiger partial charge in [-0.3, -0.25) is 4.90 Å². The Morgan fingerprint density at radius 3 is 2.61 bits per heavy atom. The topological polar surface area (TPSA) is 46.2 Å². The SMILES string of the molecule is Cn1c(CO)nn(CN(Cc2ccc(F)cc2)CC2CC2)c1=S. The first kappa shape index (κ1) is 16.3. The maximum absolute atomic E-state index is 13.1. The number of nitrogens with zero attached hydrogens (tertiary/aromatic N) is 4. The van der Waals surface area contributed by atoms with Gasteiger partial charge in [0.25, 0.3) is 0 Å². The van der Waals surface area contributed by atoms with E-state index in [-0.39, 0.29) is 12.4 Å². The minimum absolute atomic E-state index is 0.131. The molecule has 0 aliphatic heterocycles. The van der Waals surface area contributed by atoms with Crippen LogP contribution in [-0.4, -0.2) is 30.9 Å². The summed E-state index contributed by atoms with van der Waals surface area (Å²) >= 11 is 5.39. The van der Waals surface area contributed by atoms with Crippen LogP contribution in [0, 0.1) is 16.5 Å². The van der Waals surface area contributed by atoms with Crippen LogP contribution >= 0.6 is 12.2 Å². The summed E-state index contributed by atoms with van der Waals surface area (Å²) in [4.78, 5) is 2.27. The van der Waals surface area contributed by atoms with E-state index in [1.165, 1.54) is 25.0 Å². The lowest BCUT2D eigenvalue weighted by molar-refractivity contribution is 0.187. The molecule has 2 aromatic rings. The van der Waals surface area contributed by atoms with Crippen molar-refractivity contribution in [2.24, 2.45) is 13.0 Å². The number of rotatable bonds is 7. The van der Waals surface area contributed by atoms with Gasteiger partial charge in [-0.1, -0.05) is 12.1 Å². The summed E-state index contributed by atoms with van der Waals surface area (Å²) in [5.74, 6) is 1.07. The van der Waals surface area contributed by atoms with Crippen LogP contribution in [0.3, 0.4) is 0 Å². The van der Waals surface area contributed by atoms with Crippen molar-refractivity contribution in [1.29, 1.82) is 0 Å². The molecule has 0 radical (unpaired) electrons. The minimum Gasteiger partial charge on any atom is -0.388 e. The van der Waals surface area contributed by atoms with Crippen molar-refractivity contribution in [3.8, 4) is 0 Å². The number of hydrogen-bond acceptors (Lipinski definition) is 4. The largest absolute Gasteiger partial charge is 0.388 e. The van der Waals surface area contributed by atoms with Gasteiger partial charge in [0.05, 0.1) is 6.67 Å². The monoisotopic (exact) mass is 336 g/mol. The highest BCUT2D eigenvalue weighted by atomic mass is 32.1. The van der Waals surface area contributed by atoms with E-state index in [1.807, 2.05) is 19.2 Å². The van der Waals surface area contributed by atoms with E-state index in [2.05, 4.69) is 10.00 Å². The summed E-state index contributed by atoms with van der Waals surface area (Å²) in [5.41, 5.74) is 1.07. The minimum atomic E-state index is -0.220. The summed E-state index contributed by atoms with van der Waals surface area (Å²) in [7, 11) is 1.81. The summed E-state index contributed by atoms with van der Waals surface area (Å²) in [6.45, 7) is 2.14. The van der Waals surface area contributed by atoms with Crippen LogP contribution in [0.25, 0.3) is 0 Å². The van der Waals surface area contributed by atoms with E-state index < -0.39 is 0 Å². The van der Waals surface area contributed by atoms with Crippen molar-refractivity contribution >= 4 is 12.2 Å². The van der Waals surface area contributed by atoms with Crippen molar-refractivity contribution < 1.29 is 9.50 Å². The van der Waals surface area contributed by atoms with Crippen molar-refractivity contribution in [3.05, 3.63) is 46.2 Å². The first-order chi connectivity index (χ1) is 11.1. The van der Waals surface area contributed by atoms with Crippen LogP contribution in [0.1, 0.15) is 24.2 Å². The Morgan fingerprint density at radius 1 is 1.35 bits per heavy atom. The number of aromatic nitrogens is 3. The molecule has 3 rings (SSSR count). The first-order valence-corrected chi connectivity index (χ1v) is 8.18. The third-order valence-electron chi connectivity index (χ3n) is 4.14. The quantitative estimate of drug-likeness (QED) is 0.789. The summed E-state index contributed by atoms with van der Waals surface area (Å²) < 4.78 is 17.1. The lowest BCUT2D eigenvalue weighted by atomic mass is 10.2. The second kappa shape index (κ2) is 6.90. The molecule has 1 N–H and O–H groups in total. The molecule has 1 saturated carbocycles. The molecule has 1 aliphatic carbocycles. The number of benzene rings is 1. The lowest BCUT2D eigenvalue weighted by Crippen LogP contribution is -2.29. The standard InChI is InChI=1S/C16H21FN4OS/c1-19-15(10-22)18-21(16(19)23)11-20(8-12-2-3-12)9-13-4-6-14(17)7-5-13/h4-7,12,22H,2-3,8-11H2,1H3. The van der Waals surface area contributed by atoms with Gasteiger partial charge >= 0.3 is 0 Å². The molecule has 0 bridgehead atoms. The van der Waals surface area contributed by atoms with E-state index in [9.17, 15) is 9.50 Å². The fraction of sp³-hybridized carbons (Fsp3) is 0.500. The van der Waals surface area contributed by atoms with E-state index >= 15 is 0 Å². The van der Waals surface area contributed by atoms with Crippen LogP contribution in [0.15, 0.2) is 24.3 Å². The average molecular weight is 336 g/mol. The Balaban J connectivity index is 1.76. The second-order valence-corrected chi connectivity index (χ2v) is 6.50. The van der Waals surface area contributed by atoms with Gasteiger partial charge in [0.15, 0.2) is 10.6 Å². The van der Waals surface area contributed by atoms with Crippen LogP contribution in [0.2, 0.25) is 0 Å². The zero-order valence-electron chi connectivity index (χ0n) is 13.2. The van der Waals surface area contributed by atoms with Crippen LogP contribution < -0.4 is 0 Å². The zero-order chi connectivity index (χ0) is 16.4. The van der Waals surface area contributed by atoms with Gasteiger partial charge in [0.2, 0.25) is 0 Å². The predicted octanol–water partition coefficient (Wildman–Crippen LogP) is 2.45. The molecule has 1 aromatic carbocycles. The van der Waals surface area contributed by atoms with Crippen LogP contribution in [0.5, 0.6) is 0 Å². The number of aliphatic hydroxyl groups excluding tert-OH is 1. The third kappa shape index (κ3) is 4.04. The molecule has 0 amide bonds. The first-order valence-electron chi connectivity index (χ1n) is 7.77. The fourth-order valence-electron chi connectivity index (χ4n) is 2.64. The van der Waals surface area contributed by atoms with E-state index in [4.69, 9.17) is 12.2 Å². The Morgan fingerprint density at radius 2 is 2.04 bits per heavy atom. The van der Waals surface area contributed by atoms with Gasteiger partial charge in [0.1, 0.15) is 12.4 Å². The van der Waals surface area contributed by atoms with E-state index in [1.54, 1.807) is 9.25 Å². The van der Waals surface area contributed by atoms with Gasteiger partial charge < -0.3 is 9.67 Å². The van der Waals surface area contributed by atoms with Crippen LogP contribution in [-0.2, 0) is 26.9 Å². The molecule has 0 unspecified atom stereocenters. The van der Waals surface area contributed by atoms with Crippen molar-refractivity contribution in [2.75, 3.05) is 6.54 Å².